The van der Waals surface area contributed by atoms with E-state index in [-0.39, 0.29) is 0 Å². The van der Waals surface area contributed by atoms with Gasteiger partial charge in [-0.1, -0.05) is 0 Å². The molecule has 1 aromatic rings. The molecule has 0 amide bonds. The van der Waals surface area contributed by atoms with Gasteiger partial charge in [-0.3, -0.25) is 0 Å². The fourth-order valence-corrected chi connectivity index (χ4v) is 3.60. The zero-order valence-corrected chi connectivity index (χ0v) is 11.9. The van der Waals surface area contributed by atoms with Gasteiger partial charge in [-0.15, -0.1) is 11.3 Å². The Balaban J connectivity index is 1.70. The van der Waals surface area contributed by atoms with Crippen LogP contribution in [0.2, 0.25) is 0 Å². The van der Waals surface area contributed by atoms with Gasteiger partial charge in [0.1, 0.15) is 0 Å². The van der Waals surface area contributed by atoms with Gasteiger partial charge in [-0.25, -0.2) is 0 Å². The summed E-state index contributed by atoms with van der Waals surface area (Å²) in [4.78, 5) is 5.43. The van der Waals surface area contributed by atoms with Crippen LogP contribution in [-0.4, -0.2) is 32.1 Å². The highest BCUT2D eigenvalue weighted by Gasteiger charge is 2.12. The SMILES string of the molecule is CN(C)CCCNCc1cc2c(s1)CCCC2. The standard InChI is InChI=1S/C14H24N2S/c1-16(2)9-5-8-15-11-13-10-12-6-3-4-7-14(12)17-13/h10,15H,3-9,11H2,1-2H3. The third kappa shape index (κ3) is 4.09. The van der Waals surface area contributed by atoms with Crippen molar-refractivity contribution < 1.29 is 0 Å². The van der Waals surface area contributed by atoms with Crippen LogP contribution in [0.15, 0.2) is 6.07 Å². The summed E-state index contributed by atoms with van der Waals surface area (Å²) in [5.41, 5.74) is 1.63. The van der Waals surface area contributed by atoms with E-state index in [9.17, 15) is 0 Å². The van der Waals surface area contributed by atoms with E-state index < -0.39 is 0 Å². The summed E-state index contributed by atoms with van der Waals surface area (Å²) >= 11 is 2.03. The number of hydrogen-bond donors (Lipinski definition) is 1. The van der Waals surface area contributed by atoms with Crippen molar-refractivity contribution in [3.63, 3.8) is 0 Å². The maximum absolute atomic E-state index is 3.55. The zero-order chi connectivity index (χ0) is 12.1. The smallest absolute Gasteiger partial charge is 0.0299 e. The average Bonchev–Trinajstić information content (AvgIpc) is 2.70. The molecule has 0 aliphatic heterocycles. The Bertz CT molecular complexity index is 320. The molecule has 1 aliphatic carbocycles. The normalized spacial score (nSPS) is 15.2. The first-order valence-corrected chi connectivity index (χ1v) is 7.53. The summed E-state index contributed by atoms with van der Waals surface area (Å²) in [5.74, 6) is 0. The molecule has 0 spiro atoms. The van der Waals surface area contributed by atoms with E-state index in [1.165, 1.54) is 43.5 Å². The van der Waals surface area contributed by atoms with Crippen LogP contribution in [0.1, 0.15) is 34.6 Å². The van der Waals surface area contributed by atoms with Crippen LogP contribution in [0, 0.1) is 0 Å². The van der Waals surface area contributed by atoms with Gasteiger partial charge in [-0.2, -0.15) is 0 Å². The lowest BCUT2D eigenvalue weighted by Gasteiger charge is -2.09. The van der Waals surface area contributed by atoms with Gasteiger partial charge < -0.3 is 10.2 Å². The van der Waals surface area contributed by atoms with Crippen molar-refractivity contribution in [3.05, 3.63) is 21.4 Å². The third-order valence-electron chi connectivity index (χ3n) is 3.31. The Labute approximate surface area is 109 Å². The molecule has 0 fully saturated rings. The molecule has 2 rings (SSSR count). The van der Waals surface area contributed by atoms with E-state index in [1.807, 2.05) is 11.3 Å². The summed E-state index contributed by atoms with van der Waals surface area (Å²) in [7, 11) is 4.26. The fourth-order valence-electron chi connectivity index (χ4n) is 2.37. The molecule has 0 atom stereocenters. The summed E-state index contributed by atoms with van der Waals surface area (Å²) in [6, 6.07) is 2.43. The van der Waals surface area contributed by atoms with E-state index in [4.69, 9.17) is 0 Å². The summed E-state index contributed by atoms with van der Waals surface area (Å²) in [5, 5.41) is 3.55. The Morgan fingerprint density at radius 2 is 2.12 bits per heavy atom. The van der Waals surface area contributed by atoms with Crippen molar-refractivity contribution in [2.75, 3.05) is 27.2 Å². The van der Waals surface area contributed by atoms with E-state index in [1.54, 1.807) is 10.4 Å². The largest absolute Gasteiger partial charge is 0.312 e. The number of fused-ring (bicyclic) bond motifs is 1. The molecular formula is C14H24N2S. The lowest BCUT2D eigenvalue weighted by molar-refractivity contribution is 0.394. The van der Waals surface area contributed by atoms with Crippen molar-refractivity contribution >= 4 is 11.3 Å². The predicted molar refractivity (Wildman–Crippen MR) is 75.8 cm³/mol. The van der Waals surface area contributed by atoms with Crippen molar-refractivity contribution in [1.29, 1.82) is 0 Å². The molecule has 1 aromatic heterocycles. The highest BCUT2D eigenvalue weighted by molar-refractivity contribution is 7.12. The first-order chi connectivity index (χ1) is 8.25. The van der Waals surface area contributed by atoms with Gasteiger partial charge in [0.05, 0.1) is 0 Å². The molecular weight excluding hydrogens is 228 g/mol. The molecule has 1 N–H and O–H groups in total. The molecule has 3 heteroatoms. The van der Waals surface area contributed by atoms with Crippen LogP contribution in [0.4, 0.5) is 0 Å². The first-order valence-electron chi connectivity index (χ1n) is 6.71. The van der Waals surface area contributed by atoms with E-state index in [0.717, 1.165) is 13.1 Å². The van der Waals surface area contributed by atoms with E-state index in [2.05, 4.69) is 30.4 Å². The van der Waals surface area contributed by atoms with Crippen LogP contribution >= 0.6 is 11.3 Å². The quantitative estimate of drug-likeness (QED) is 0.783. The number of thiophene rings is 1. The highest BCUT2D eigenvalue weighted by atomic mass is 32.1. The summed E-state index contributed by atoms with van der Waals surface area (Å²) in [6.45, 7) is 3.36. The van der Waals surface area contributed by atoms with Gasteiger partial charge >= 0.3 is 0 Å². The second-order valence-corrected chi connectivity index (χ2v) is 6.42. The fraction of sp³-hybridized carbons (Fsp3) is 0.714. The van der Waals surface area contributed by atoms with Crippen LogP contribution in [0.3, 0.4) is 0 Å². The number of hydrogen-bond acceptors (Lipinski definition) is 3. The van der Waals surface area contributed by atoms with Crippen molar-refractivity contribution in [2.24, 2.45) is 0 Å². The Hall–Kier alpha value is -0.380. The topological polar surface area (TPSA) is 15.3 Å². The van der Waals surface area contributed by atoms with E-state index >= 15 is 0 Å². The molecule has 17 heavy (non-hydrogen) atoms. The van der Waals surface area contributed by atoms with Crippen LogP contribution < -0.4 is 5.32 Å². The molecule has 0 radical (unpaired) electrons. The van der Waals surface area contributed by atoms with Crippen LogP contribution in [-0.2, 0) is 19.4 Å². The van der Waals surface area contributed by atoms with Gasteiger partial charge in [0.25, 0.3) is 0 Å². The molecule has 0 unspecified atom stereocenters. The van der Waals surface area contributed by atoms with Crippen molar-refractivity contribution in [2.45, 2.75) is 38.6 Å². The Morgan fingerprint density at radius 3 is 2.88 bits per heavy atom. The molecule has 2 nitrogen and oxygen atoms in total. The molecule has 1 aliphatic rings. The molecule has 96 valence electrons. The molecule has 0 aromatic carbocycles. The first kappa shape index (κ1) is 13.1. The van der Waals surface area contributed by atoms with Crippen molar-refractivity contribution in [3.8, 4) is 0 Å². The predicted octanol–water partition coefficient (Wildman–Crippen LogP) is 2.67. The highest BCUT2D eigenvalue weighted by Crippen LogP contribution is 2.29. The maximum atomic E-state index is 3.55. The average molecular weight is 252 g/mol. The van der Waals surface area contributed by atoms with Crippen molar-refractivity contribution in [1.82, 2.24) is 10.2 Å². The lowest BCUT2D eigenvalue weighted by Crippen LogP contribution is -2.20. The van der Waals surface area contributed by atoms with Gasteiger partial charge in [0.15, 0.2) is 0 Å². The van der Waals surface area contributed by atoms with Gasteiger partial charge in [0.2, 0.25) is 0 Å². The zero-order valence-electron chi connectivity index (χ0n) is 11.1. The molecule has 0 saturated heterocycles. The molecule has 1 heterocycles. The summed E-state index contributed by atoms with van der Waals surface area (Å²) in [6.07, 6.45) is 6.65. The molecule has 0 bridgehead atoms. The van der Waals surface area contributed by atoms with Crippen LogP contribution in [0.5, 0.6) is 0 Å². The van der Waals surface area contributed by atoms with Crippen LogP contribution in [0.25, 0.3) is 0 Å². The number of aryl methyl sites for hydroxylation is 2. The minimum atomic E-state index is 1.06. The minimum Gasteiger partial charge on any atom is -0.312 e. The number of nitrogens with one attached hydrogen (secondary N) is 1. The Morgan fingerprint density at radius 1 is 1.29 bits per heavy atom. The second-order valence-electron chi connectivity index (χ2n) is 5.20. The maximum Gasteiger partial charge on any atom is 0.0299 e. The number of nitrogens with zero attached hydrogens (tertiary/aromatic N) is 1. The van der Waals surface area contributed by atoms with Gasteiger partial charge in [0, 0.05) is 16.3 Å². The summed E-state index contributed by atoms with van der Waals surface area (Å²) < 4.78 is 0. The monoisotopic (exact) mass is 252 g/mol. The van der Waals surface area contributed by atoms with Gasteiger partial charge in [-0.05, 0) is 70.9 Å². The van der Waals surface area contributed by atoms with E-state index in [0.29, 0.717) is 0 Å². The Kier molecular flexibility index (Phi) is 5.01. The number of rotatable bonds is 6. The third-order valence-corrected chi connectivity index (χ3v) is 4.54. The second kappa shape index (κ2) is 6.53. The minimum absolute atomic E-state index is 1.06. The molecule has 0 saturated carbocycles. The lowest BCUT2D eigenvalue weighted by atomic mass is 9.99.